The lowest BCUT2D eigenvalue weighted by Gasteiger charge is -2.07. The first-order valence-electron chi connectivity index (χ1n) is 7.07. The third kappa shape index (κ3) is 3.07. The third-order valence-corrected chi connectivity index (χ3v) is 4.12. The molecule has 24 heavy (non-hydrogen) atoms. The Balaban J connectivity index is 2.05. The maximum atomic E-state index is 13.0. The monoisotopic (exact) mass is 337 g/mol. The number of hydrogen-bond acceptors (Lipinski definition) is 4. The first-order chi connectivity index (χ1) is 11.6. The van der Waals surface area contributed by atoms with Crippen molar-refractivity contribution in [2.45, 2.75) is 5.16 Å². The summed E-state index contributed by atoms with van der Waals surface area (Å²) < 4.78 is 13.0. The van der Waals surface area contributed by atoms with Crippen LogP contribution in [-0.2, 0) is 0 Å². The molecule has 0 radical (unpaired) electrons. The zero-order chi connectivity index (χ0) is 17.1. The van der Waals surface area contributed by atoms with Gasteiger partial charge in [-0.2, -0.15) is 5.26 Å². The molecule has 1 heterocycles. The van der Waals surface area contributed by atoms with Crippen LogP contribution in [0.5, 0.6) is 0 Å². The van der Waals surface area contributed by atoms with E-state index in [-0.39, 0.29) is 11.4 Å². The van der Waals surface area contributed by atoms with Crippen molar-refractivity contribution in [2.75, 3.05) is 6.26 Å². The minimum atomic E-state index is -0.450. The van der Waals surface area contributed by atoms with Crippen LogP contribution < -0.4 is 5.56 Å². The van der Waals surface area contributed by atoms with Crippen molar-refractivity contribution in [3.63, 3.8) is 0 Å². The number of nitrogens with zero attached hydrogens (tertiary/aromatic N) is 2. The summed E-state index contributed by atoms with van der Waals surface area (Å²) in [6.45, 7) is 0. The Kier molecular flexibility index (Phi) is 4.45. The van der Waals surface area contributed by atoms with Gasteiger partial charge < -0.3 is 4.98 Å². The molecule has 1 N–H and O–H groups in total. The Morgan fingerprint density at radius 1 is 1.04 bits per heavy atom. The molecule has 0 saturated heterocycles. The Morgan fingerprint density at radius 3 is 2.12 bits per heavy atom. The number of H-pyrrole nitrogens is 1. The van der Waals surface area contributed by atoms with Gasteiger partial charge in [0, 0.05) is 5.56 Å². The largest absolute Gasteiger partial charge is 0.300 e. The number of rotatable bonds is 3. The third-order valence-electron chi connectivity index (χ3n) is 3.54. The van der Waals surface area contributed by atoms with Gasteiger partial charge in [-0.3, -0.25) is 4.79 Å². The second kappa shape index (κ2) is 6.69. The summed E-state index contributed by atoms with van der Waals surface area (Å²) in [5.41, 5.74) is 2.37. The van der Waals surface area contributed by atoms with Crippen molar-refractivity contribution in [3.05, 3.63) is 70.3 Å². The fourth-order valence-electron chi connectivity index (χ4n) is 2.32. The first-order valence-corrected chi connectivity index (χ1v) is 8.29. The summed E-state index contributed by atoms with van der Waals surface area (Å²) in [5, 5.41) is 9.69. The summed E-state index contributed by atoms with van der Waals surface area (Å²) >= 11 is 1.30. The summed E-state index contributed by atoms with van der Waals surface area (Å²) in [4.78, 5) is 18.9. The molecule has 0 aliphatic heterocycles. The van der Waals surface area contributed by atoms with E-state index in [0.29, 0.717) is 16.4 Å². The average molecular weight is 337 g/mol. The van der Waals surface area contributed by atoms with Crippen LogP contribution in [-0.4, -0.2) is 16.2 Å². The molecule has 0 amide bonds. The lowest BCUT2D eigenvalue weighted by atomic mass is 10.0. The first kappa shape index (κ1) is 16.0. The number of thioether (sulfide) groups is 1. The van der Waals surface area contributed by atoms with E-state index in [1.54, 1.807) is 30.5 Å². The Hall–Kier alpha value is -2.91. The van der Waals surface area contributed by atoms with E-state index in [2.05, 4.69) is 9.97 Å². The minimum Gasteiger partial charge on any atom is -0.300 e. The van der Waals surface area contributed by atoms with Gasteiger partial charge in [-0.15, -0.1) is 0 Å². The molecule has 4 nitrogen and oxygen atoms in total. The highest BCUT2D eigenvalue weighted by molar-refractivity contribution is 7.98. The SMILES string of the molecule is CSc1nc(-c2ccc(-c3ccc(F)cc3)cc2)c(C#N)c(=O)[nH]1. The highest BCUT2D eigenvalue weighted by Crippen LogP contribution is 2.25. The van der Waals surface area contributed by atoms with Gasteiger partial charge in [0.2, 0.25) is 0 Å². The van der Waals surface area contributed by atoms with Gasteiger partial charge in [-0.25, -0.2) is 9.37 Å². The Morgan fingerprint density at radius 2 is 1.58 bits per heavy atom. The predicted octanol–water partition coefficient (Wildman–Crippen LogP) is 3.84. The number of aromatic amines is 1. The van der Waals surface area contributed by atoms with Crippen LogP contribution in [0.4, 0.5) is 4.39 Å². The average Bonchev–Trinajstić information content (AvgIpc) is 2.62. The summed E-state index contributed by atoms with van der Waals surface area (Å²) in [6.07, 6.45) is 1.80. The number of aromatic nitrogens is 2. The Labute approximate surface area is 142 Å². The van der Waals surface area contributed by atoms with Crippen molar-refractivity contribution in [2.24, 2.45) is 0 Å². The molecule has 0 aliphatic rings. The van der Waals surface area contributed by atoms with E-state index in [4.69, 9.17) is 0 Å². The van der Waals surface area contributed by atoms with Gasteiger partial charge in [0.05, 0.1) is 5.69 Å². The van der Waals surface area contributed by atoms with E-state index in [1.807, 2.05) is 18.2 Å². The maximum Gasteiger partial charge on any atom is 0.270 e. The van der Waals surface area contributed by atoms with Crippen LogP contribution in [0.25, 0.3) is 22.4 Å². The molecule has 0 spiro atoms. The lowest BCUT2D eigenvalue weighted by Crippen LogP contribution is -2.14. The van der Waals surface area contributed by atoms with Crippen molar-refractivity contribution in [1.29, 1.82) is 5.26 Å². The standard InChI is InChI=1S/C18H12FN3OS/c1-24-18-21-16(15(10-20)17(23)22-18)13-4-2-11(3-5-13)12-6-8-14(19)9-7-12/h2-9H,1H3,(H,21,22,23). The molecule has 0 atom stereocenters. The van der Waals surface area contributed by atoms with Crippen molar-refractivity contribution in [1.82, 2.24) is 9.97 Å². The Bertz CT molecular complexity index is 973. The molecule has 0 saturated carbocycles. The molecule has 2 aromatic carbocycles. The van der Waals surface area contributed by atoms with Gasteiger partial charge in [-0.1, -0.05) is 48.2 Å². The molecule has 3 rings (SSSR count). The lowest BCUT2D eigenvalue weighted by molar-refractivity contribution is 0.628. The molecule has 0 unspecified atom stereocenters. The smallest absolute Gasteiger partial charge is 0.270 e. The van der Waals surface area contributed by atoms with Gasteiger partial charge in [0.25, 0.3) is 5.56 Å². The second-order valence-electron chi connectivity index (χ2n) is 4.99. The zero-order valence-corrected chi connectivity index (χ0v) is 13.5. The molecule has 0 aliphatic carbocycles. The summed E-state index contributed by atoms with van der Waals surface area (Å²) in [5.74, 6) is -0.286. The van der Waals surface area contributed by atoms with Gasteiger partial charge in [0.1, 0.15) is 17.4 Å². The van der Waals surface area contributed by atoms with E-state index in [0.717, 1.165) is 11.1 Å². The molecule has 0 bridgehead atoms. The van der Waals surface area contributed by atoms with Crippen molar-refractivity contribution < 1.29 is 4.39 Å². The van der Waals surface area contributed by atoms with Gasteiger partial charge >= 0.3 is 0 Å². The van der Waals surface area contributed by atoms with Crippen LogP contribution in [0.1, 0.15) is 5.56 Å². The number of halogens is 1. The fraction of sp³-hybridized carbons (Fsp3) is 0.0556. The van der Waals surface area contributed by atoms with Gasteiger partial charge in [0.15, 0.2) is 5.16 Å². The summed E-state index contributed by atoms with van der Waals surface area (Å²) in [6, 6.07) is 15.4. The van der Waals surface area contributed by atoms with E-state index in [9.17, 15) is 14.4 Å². The van der Waals surface area contributed by atoms with Crippen LogP contribution in [0.15, 0.2) is 58.5 Å². The van der Waals surface area contributed by atoms with Gasteiger partial charge in [-0.05, 0) is 29.5 Å². The van der Waals surface area contributed by atoms with Crippen LogP contribution in [0.2, 0.25) is 0 Å². The molecule has 1 aromatic heterocycles. The predicted molar refractivity (Wildman–Crippen MR) is 92.2 cm³/mol. The topological polar surface area (TPSA) is 69.5 Å². The van der Waals surface area contributed by atoms with E-state index < -0.39 is 5.56 Å². The molecular formula is C18H12FN3OS. The fourth-order valence-corrected chi connectivity index (χ4v) is 2.70. The second-order valence-corrected chi connectivity index (χ2v) is 5.79. The highest BCUT2D eigenvalue weighted by atomic mass is 32.2. The maximum absolute atomic E-state index is 13.0. The van der Waals surface area contributed by atoms with Crippen LogP contribution in [0.3, 0.4) is 0 Å². The molecule has 6 heteroatoms. The molecule has 0 fully saturated rings. The molecular weight excluding hydrogens is 325 g/mol. The van der Waals surface area contributed by atoms with E-state index in [1.165, 1.54) is 23.9 Å². The highest BCUT2D eigenvalue weighted by Gasteiger charge is 2.13. The number of benzene rings is 2. The zero-order valence-electron chi connectivity index (χ0n) is 12.7. The number of hydrogen-bond donors (Lipinski definition) is 1. The van der Waals surface area contributed by atoms with Crippen LogP contribution >= 0.6 is 11.8 Å². The number of nitriles is 1. The normalized spacial score (nSPS) is 10.4. The molecule has 3 aromatic rings. The number of nitrogens with one attached hydrogen (secondary N) is 1. The van der Waals surface area contributed by atoms with E-state index >= 15 is 0 Å². The quantitative estimate of drug-likeness (QED) is 0.582. The van der Waals surface area contributed by atoms with Crippen molar-refractivity contribution >= 4 is 11.8 Å². The van der Waals surface area contributed by atoms with Crippen LogP contribution in [0, 0.1) is 17.1 Å². The summed E-state index contributed by atoms with van der Waals surface area (Å²) in [7, 11) is 0. The minimum absolute atomic E-state index is 0.0117. The molecule has 118 valence electrons. The van der Waals surface area contributed by atoms with Crippen molar-refractivity contribution in [3.8, 4) is 28.5 Å².